The van der Waals surface area contributed by atoms with Crippen LogP contribution in [-0.4, -0.2) is 25.0 Å². The number of carbonyl (C=O) groups is 2. The van der Waals surface area contributed by atoms with Gasteiger partial charge in [-0.3, -0.25) is 9.59 Å². The molecule has 0 aliphatic rings. The van der Waals surface area contributed by atoms with Crippen LogP contribution in [0.2, 0.25) is 0 Å². The van der Waals surface area contributed by atoms with E-state index in [1.165, 1.54) is 11.3 Å². The molecule has 2 N–H and O–H groups in total. The zero-order valence-electron chi connectivity index (χ0n) is 18.7. The molecule has 3 aromatic rings. The number of hydrogen-bond donors (Lipinski definition) is 2. The summed E-state index contributed by atoms with van der Waals surface area (Å²) in [5, 5.41) is 7.76. The van der Waals surface area contributed by atoms with Crippen LogP contribution in [0, 0.1) is 0 Å². The monoisotopic (exact) mass is 452 g/mol. The lowest BCUT2D eigenvalue weighted by atomic mass is 10.1. The summed E-state index contributed by atoms with van der Waals surface area (Å²) in [5.41, 5.74) is 2.39. The van der Waals surface area contributed by atoms with Crippen molar-refractivity contribution in [1.29, 1.82) is 0 Å². The van der Waals surface area contributed by atoms with Gasteiger partial charge >= 0.3 is 0 Å². The maximum Gasteiger partial charge on any atom is 0.261 e. The van der Waals surface area contributed by atoms with E-state index in [1.807, 2.05) is 62.5 Å². The average molecular weight is 453 g/mol. The van der Waals surface area contributed by atoms with Gasteiger partial charge in [0.15, 0.2) is 11.5 Å². The van der Waals surface area contributed by atoms with Gasteiger partial charge in [-0.15, -0.1) is 11.3 Å². The summed E-state index contributed by atoms with van der Waals surface area (Å²) in [7, 11) is 1.60. The van der Waals surface area contributed by atoms with Crippen molar-refractivity contribution < 1.29 is 19.1 Å². The third kappa shape index (κ3) is 6.11. The molecular formula is C25H28N2O4S. The molecule has 3 rings (SSSR count). The Morgan fingerprint density at radius 3 is 2.34 bits per heavy atom. The van der Waals surface area contributed by atoms with Gasteiger partial charge < -0.3 is 20.1 Å². The second-order valence-corrected chi connectivity index (χ2v) is 8.58. The van der Waals surface area contributed by atoms with Crippen LogP contribution in [-0.2, 0) is 6.54 Å². The third-order valence-electron chi connectivity index (χ3n) is 4.81. The Morgan fingerprint density at radius 1 is 0.969 bits per heavy atom. The van der Waals surface area contributed by atoms with Crippen molar-refractivity contribution >= 4 is 23.2 Å². The first-order valence-electron chi connectivity index (χ1n) is 10.4. The average Bonchev–Trinajstić information content (AvgIpc) is 3.32. The van der Waals surface area contributed by atoms with Crippen LogP contribution in [0.1, 0.15) is 58.0 Å². The van der Waals surface area contributed by atoms with E-state index in [0.29, 0.717) is 28.5 Å². The Hall–Kier alpha value is -3.32. The van der Waals surface area contributed by atoms with Crippen LogP contribution in [0.25, 0.3) is 0 Å². The molecule has 1 unspecified atom stereocenters. The predicted octanol–water partition coefficient (Wildman–Crippen LogP) is 4.96. The summed E-state index contributed by atoms with van der Waals surface area (Å²) in [6.45, 7) is 6.24. The summed E-state index contributed by atoms with van der Waals surface area (Å²) >= 11 is 1.40. The maximum absolute atomic E-state index is 12.7. The summed E-state index contributed by atoms with van der Waals surface area (Å²) in [6, 6.07) is 16.3. The van der Waals surface area contributed by atoms with E-state index in [0.717, 1.165) is 11.1 Å². The predicted molar refractivity (Wildman–Crippen MR) is 127 cm³/mol. The molecule has 1 heterocycles. The lowest BCUT2D eigenvalue weighted by molar-refractivity contribution is 0.0935. The second kappa shape index (κ2) is 10.8. The van der Waals surface area contributed by atoms with Gasteiger partial charge in [0.05, 0.1) is 24.1 Å². The molecule has 168 valence electrons. The van der Waals surface area contributed by atoms with Crippen molar-refractivity contribution in [2.75, 3.05) is 7.11 Å². The van der Waals surface area contributed by atoms with E-state index >= 15 is 0 Å². The van der Waals surface area contributed by atoms with Crippen molar-refractivity contribution in [1.82, 2.24) is 10.6 Å². The van der Waals surface area contributed by atoms with Crippen LogP contribution in [0.15, 0.2) is 60.0 Å². The van der Waals surface area contributed by atoms with Crippen molar-refractivity contribution in [2.45, 2.75) is 39.5 Å². The highest BCUT2D eigenvalue weighted by atomic mass is 32.1. The molecule has 6 nitrogen and oxygen atoms in total. The van der Waals surface area contributed by atoms with Crippen molar-refractivity contribution in [3.05, 3.63) is 81.5 Å². The van der Waals surface area contributed by atoms with E-state index < -0.39 is 0 Å². The largest absolute Gasteiger partial charge is 0.493 e. The Bertz CT molecular complexity index is 1050. The highest BCUT2D eigenvalue weighted by molar-refractivity contribution is 7.12. The van der Waals surface area contributed by atoms with Gasteiger partial charge in [-0.05, 0) is 67.6 Å². The van der Waals surface area contributed by atoms with E-state index in [2.05, 4.69) is 10.6 Å². The fourth-order valence-corrected chi connectivity index (χ4v) is 3.76. The molecule has 0 spiro atoms. The first kappa shape index (κ1) is 23.3. The topological polar surface area (TPSA) is 76.7 Å². The number of carbonyl (C=O) groups excluding carboxylic acids is 2. The molecule has 1 atom stereocenters. The number of ether oxygens (including phenoxy) is 2. The quantitative estimate of drug-likeness (QED) is 0.481. The smallest absolute Gasteiger partial charge is 0.261 e. The van der Waals surface area contributed by atoms with Gasteiger partial charge in [0, 0.05) is 12.1 Å². The first-order valence-corrected chi connectivity index (χ1v) is 11.3. The second-order valence-electron chi connectivity index (χ2n) is 7.63. The zero-order valence-corrected chi connectivity index (χ0v) is 19.5. The number of methoxy groups -OCH3 is 1. The lowest BCUT2D eigenvalue weighted by Gasteiger charge is -2.18. The van der Waals surface area contributed by atoms with Gasteiger partial charge in [-0.2, -0.15) is 0 Å². The fraction of sp³-hybridized carbons (Fsp3) is 0.280. The summed E-state index contributed by atoms with van der Waals surface area (Å²) in [6.07, 6.45) is 0.0406. The van der Waals surface area contributed by atoms with Crippen molar-refractivity contribution in [2.24, 2.45) is 0 Å². The molecule has 0 saturated heterocycles. The van der Waals surface area contributed by atoms with Gasteiger partial charge in [0.2, 0.25) is 0 Å². The normalized spacial score (nSPS) is 11.7. The Morgan fingerprint density at radius 2 is 1.72 bits per heavy atom. The standard InChI is InChI=1S/C25H28N2O4S/c1-16(2)31-21-12-11-20(14-22(21)30-4)17(3)27-24(28)19-9-7-18(8-10-19)15-26-25(29)23-6-5-13-32-23/h5-14,16-17H,15H2,1-4H3,(H,26,29)(H,27,28). The van der Waals surface area contributed by atoms with Crippen LogP contribution in [0.3, 0.4) is 0 Å². The minimum Gasteiger partial charge on any atom is -0.493 e. The molecule has 0 aliphatic heterocycles. The molecule has 0 saturated carbocycles. The van der Waals surface area contributed by atoms with Crippen molar-refractivity contribution in [3.63, 3.8) is 0 Å². The number of hydrogen-bond acceptors (Lipinski definition) is 5. The Balaban J connectivity index is 1.58. The lowest BCUT2D eigenvalue weighted by Crippen LogP contribution is -2.26. The summed E-state index contributed by atoms with van der Waals surface area (Å²) in [5.74, 6) is 1.03. The molecular weight excluding hydrogens is 424 g/mol. The fourth-order valence-electron chi connectivity index (χ4n) is 3.12. The number of benzene rings is 2. The zero-order chi connectivity index (χ0) is 23.1. The van der Waals surface area contributed by atoms with Gasteiger partial charge in [-0.25, -0.2) is 0 Å². The van der Waals surface area contributed by atoms with Gasteiger partial charge in [0.25, 0.3) is 11.8 Å². The molecule has 0 radical (unpaired) electrons. The van der Waals surface area contributed by atoms with E-state index in [4.69, 9.17) is 9.47 Å². The minimum absolute atomic E-state index is 0.0406. The summed E-state index contributed by atoms with van der Waals surface area (Å²) in [4.78, 5) is 25.4. The third-order valence-corrected chi connectivity index (χ3v) is 5.68. The van der Waals surface area contributed by atoms with Crippen molar-refractivity contribution in [3.8, 4) is 11.5 Å². The van der Waals surface area contributed by atoms with E-state index in [-0.39, 0.29) is 24.0 Å². The molecule has 0 bridgehead atoms. The van der Waals surface area contributed by atoms with Crippen LogP contribution < -0.4 is 20.1 Å². The molecule has 32 heavy (non-hydrogen) atoms. The number of thiophene rings is 1. The van der Waals surface area contributed by atoms with E-state index in [1.54, 1.807) is 25.3 Å². The molecule has 0 aliphatic carbocycles. The van der Waals surface area contributed by atoms with E-state index in [9.17, 15) is 9.59 Å². The highest BCUT2D eigenvalue weighted by Gasteiger charge is 2.15. The SMILES string of the molecule is COc1cc(C(C)NC(=O)c2ccc(CNC(=O)c3cccs3)cc2)ccc1OC(C)C. The number of nitrogens with one attached hydrogen (secondary N) is 2. The molecule has 1 aromatic heterocycles. The number of rotatable bonds is 9. The molecule has 0 fully saturated rings. The minimum atomic E-state index is -0.214. The van der Waals surface area contributed by atoms with Crippen LogP contribution >= 0.6 is 11.3 Å². The summed E-state index contributed by atoms with van der Waals surface area (Å²) < 4.78 is 11.2. The van der Waals surface area contributed by atoms with Crippen LogP contribution in [0.5, 0.6) is 11.5 Å². The van der Waals surface area contributed by atoms with Crippen LogP contribution in [0.4, 0.5) is 0 Å². The maximum atomic E-state index is 12.7. The molecule has 7 heteroatoms. The van der Waals surface area contributed by atoms with Gasteiger partial charge in [-0.1, -0.05) is 24.3 Å². The Kier molecular flexibility index (Phi) is 7.89. The number of amides is 2. The molecule has 2 amide bonds. The van der Waals surface area contributed by atoms with Gasteiger partial charge in [0.1, 0.15) is 0 Å². The highest BCUT2D eigenvalue weighted by Crippen LogP contribution is 2.31. The first-order chi connectivity index (χ1) is 15.4. The molecule has 2 aromatic carbocycles. The Labute approximate surface area is 192 Å².